The van der Waals surface area contributed by atoms with E-state index in [1.807, 2.05) is 0 Å². The van der Waals surface area contributed by atoms with E-state index < -0.39 is 35.1 Å². The molecule has 0 bridgehead atoms. The molecule has 22 heavy (non-hydrogen) atoms. The quantitative estimate of drug-likeness (QED) is 0.659. The number of halogens is 2. The number of carbonyl (C=O) groups is 2. The molecule has 0 fully saturated rings. The first kappa shape index (κ1) is 18.0. The molecule has 0 spiro atoms. The SMILES string of the molecule is CNCCNC(=O)C(NC(=O)c1c(F)cccc1F)C(C)C. The highest BCUT2D eigenvalue weighted by Gasteiger charge is 2.26. The second kappa shape index (κ2) is 8.43. The molecule has 0 saturated heterocycles. The van der Waals surface area contributed by atoms with Crippen LogP contribution in [0.1, 0.15) is 24.2 Å². The minimum absolute atomic E-state index is 0.228. The zero-order valence-electron chi connectivity index (χ0n) is 12.9. The average molecular weight is 313 g/mol. The molecule has 5 nitrogen and oxygen atoms in total. The summed E-state index contributed by atoms with van der Waals surface area (Å²) in [5.74, 6) is -3.49. The second-order valence-corrected chi connectivity index (χ2v) is 5.19. The summed E-state index contributed by atoms with van der Waals surface area (Å²) in [6, 6.07) is 2.29. The topological polar surface area (TPSA) is 70.2 Å². The van der Waals surface area contributed by atoms with E-state index in [2.05, 4.69) is 16.0 Å². The molecule has 0 saturated carbocycles. The van der Waals surface area contributed by atoms with E-state index in [0.29, 0.717) is 13.1 Å². The van der Waals surface area contributed by atoms with Crippen molar-refractivity contribution in [3.63, 3.8) is 0 Å². The van der Waals surface area contributed by atoms with Gasteiger partial charge in [0.25, 0.3) is 5.91 Å². The van der Waals surface area contributed by atoms with Gasteiger partial charge in [0.1, 0.15) is 23.2 Å². The van der Waals surface area contributed by atoms with Gasteiger partial charge in [-0.2, -0.15) is 0 Å². The van der Waals surface area contributed by atoms with Gasteiger partial charge in [-0.05, 0) is 25.1 Å². The van der Waals surface area contributed by atoms with Crippen molar-refractivity contribution < 1.29 is 18.4 Å². The molecule has 1 atom stereocenters. The Bertz CT molecular complexity index is 515. The molecule has 0 aliphatic carbocycles. The van der Waals surface area contributed by atoms with Gasteiger partial charge in [0.15, 0.2) is 0 Å². The Balaban J connectivity index is 2.83. The molecule has 0 radical (unpaired) electrons. The molecule has 1 aromatic carbocycles. The largest absolute Gasteiger partial charge is 0.353 e. The lowest BCUT2D eigenvalue weighted by Gasteiger charge is -2.22. The molecule has 1 aromatic rings. The number of nitrogens with one attached hydrogen (secondary N) is 3. The van der Waals surface area contributed by atoms with Crippen LogP contribution >= 0.6 is 0 Å². The highest BCUT2D eigenvalue weighted by molar-refractivity contribution is 5.98. The van der Waals surface area contributed by atoms with Crippen LogP contribution in [-0.2, 0) is 4.79 Å². The molecule has 2 amide bonds. The molecular formula is C15H21F2N3O2. The molecule has 3 N–H and O–H groups in total. The van der Waals surface area contributed by atoms with Crippen LogP contribution in [0.25, 0.3) is 0 Å². The van der Waals surface area contributed by atoms with E-state index in [1.54, 1.807) is 20.9 Å². The van der Waals surface area contributed by atoms with E-state index in [9.17, 15) is 18.4 Å². The van der Waals surface area contributed by atoms with Crippen LogP contribution in [0.15, 0.2) is 18.2 Å². The monoisotopic (exact) mass is 313 g/mol. The molecule has 0 aliphatic heterocycles. The minimum atomic E-state index is -0.962. The Kier molecular flexibility index (Phi) is 6.91. The first-order valence-corrected chi connectivity index (χ1v) is 7.05. The summed E-state index contributed by atoms with van der Waals surface area (Å²) in [5.41, 5.74) is -0.684. The maximum absolute atomic E-state index is 13.6. The van der Waals surface area contributed by atoms with Crippen molar-refractivity contribution in [2.45, 2.75) is 19.9 Å². The number of hydrogen-bond acceptors (Lipinski definition) is 3. The number of rotatable bonds is 7. The maximum atomic E-state index is 13.6. The van der Waals surface area contributed by atoms with E-state index in [4.69, 9.17) is 0 Å². The van der Waals surface area contributed by atoms with Gasteiger partial charge in [-0.3, -0.25) is 9.59 Å². The molecule has 1 unspecified atom stereocenters. The Labute approximate surface area is 128 Å². The van der Waals surface area contributed by atoms with Crippen molar-refractivity contribution in [3.05, 3.63) is 35.4 Å². The Morgan fingerprint density at radius 3 is 2.23 bits per heavy atom. The van der Waals surface area contributed by atoms with Crippen molar-refractivity contribution in [3.8, 4) is 0 Å². The molecule has 122 valence electrons. The summed E-state index contributed by atoms with van der Waals surface area (Å²) in [7, 11) is 1.74. The van der Waals surface area contributed by atoms with Crippen LogP contribution in [0, 0.1) is 17.6 Å². The third-order valence-electron chi connectivity index (χ3n) is 3.10. The van der Waals surface area contributed by atoms with Crippen molar-refractivity contribution >= 4 is 11.8 Å². The predicted octanol–water partition coefficient (Wildman–Crippen LogP) is 1.05. The standard InChI is InChI=1S/C15H21F2N3O2/c1-9(2)13(15(22)19-8-7-18-3)20-14(21)12-10(16)5-4-6-11(12)17/h4-6,9,13,18H,7-8H2,1-3H3,(H,19,22)(H,20,21). The number of likely N-dealkylation sites (N-methyl/N-ethyl adjacent to an activating group) is 1. The van der Waals surface area contributed by atoms with Crippen LogP contribution < -0.4 is 16.0 Å². The van der Waals surface area contributed by atoms with Gasteiger partial charge in [-0.15, -0.1) is 0 Å². The highest BCUT2D eigenvalue weighted by Crippen LogP contribution is 2.13. The summed E-state index contributed by atoms with van der Waals surface area (Å²) in [5, 5.41) is 7.91. The van der Waals surface area contributed by atoms with Crippen LogP contribution in [0.3, 0.4) is 0 Å². The van der Waals surface area contributed by atoms with Crippen LogP contribution in [0.5, 0.6) is 0 Å². The third-order valence-corrected chi connectivity index (χ3v) is 3.10. The van der Waals surface area contributed by atoms with E-state index >= 15 is 0 Å². The summed E-state index contributed by atoms with van der Waals surface area (Å²) in [4.78, 5) is 24.1. The Morgan fingerprint density at radius 2 is 1.73 bits per heavy atom. The second-order valence-electron chi connectivity index (χ2n) is 5.19. The number of carbonyl (C=O) groups excluding carboxylic acids is 2. The highest BCUT2D eigenvalue weighted by atomic mass is 19.1. The lowest BCUT2D eigenvalue weighted by atomic mass is 10.0. The minimum Gasteiger partial charge on any atom is -0.353 e. The van der Waals surface area contributed by atoms with Crippen LogP contribution in [0.4, 0.5) is 8.78 Å². The Hall–Kier alpha value is -2.02. The fourth-order valence-electron chi connectivity index (χ4n) is 1.88. The third kappa shape index (κ3) is 4.77. The van der Waals surface area contributed by atoms with Gasteiger partial charge >= 0.3 is 0 Å². The average Bonchev–Trinajstić information content (AvgIpc) is 2.44. The zero-order valence-corrected chi connectivity index (χ0v) is 12.9. The molecule has 0 aromatic heterocycles. The predicted molar refractivity (Wildman–Crippen MR) is 79.4 cm³/mol. The Morgan fingerprint density at radius 1 is 1.14 bits per heavy atom. The van der Waals surface area contributed by atoms with Crippen LogP contribution in [0.2, 0.25) is 0 Å². The van der Waals surface area contributed by atoms with Gasteiger partial charge in [0.05, 0.1) is 0 Å². The fourth-order valence-corrected chi connectivity index (χ4v) is 1.88. The summed E-state index contributed by atoms with van der Waals surface area (Å²) >= 11 is 0. The van der Waals surface area contributed by atoms with Crippen LogP contribution in [-0.4, -0.2) is 38.0 Å². The van der Waals surface area contributed by atoms with Gasteiger partial charge < -0.3 is 16.0 Å². The molecule has 7 heteroatoms. The first-order chi connectivity index (χ1) is 10.4. The normalized spacial score (nSPS) is 12.1. The smallest absolute Gasteiger partial charge is 0.257 e. The maximum Gasteiger partial charge on any atom is 0.257 e. The summed E-state index contributed by atoms with van der Waals surface area (Å²) < 4.78 is 27.2. The van der Waals surface area contributed by atoms with E-state index in [0.717, 1.165) is 12.1 Å². The number of amides is 2. The molecule has 0 heterocycles. The number of hydrogen-bond donors (Lipinski definition) is 3. The van der Waals surface area contributed by atoms with E-state index in [1.165, 1.54) is 6.07 Å². The number of benzene rings is 1. The first-order valence-electron chi connectivity index (χ1n) is 7.05. The van der Waals surface area contributed by atoms with Gasteiger partial charge in [-0.1, -0.05) is 19.9 Å². The zero-order chi connectivity index (χ0) is 16.7. The van der Waals surface area contributed by atoms with Crippen molar-refractivity contribution in [2.24, 2.45) is 5.92 Å². The van der Waals surface area contributed by atoms with E-state index in [-0.39, 0.29) is 5.92 Å². The molecular weight excluding hydrogens is 292 g/mol. The lowest BCUT2D eigenvalue weighted by molar-refractivity contribution is -0.123. The van der Waals surface area contributed by atoms with Gasteiger partial charge in [0.2, 0.25) is 5.91 Å². The van der Waals surface area contributed by atoms with Gasteiger partial charge in [-0.25, -0.2) is 8.78 Å². The van der Waals surface area contributed by atoms with Crippen molar-refractivity contribution in [1.82, 2.24) is 16.0 Å². The molecule has 1 rings (SSSR count). The fraction of sp³-hybridized carbons (Fsp3) is 0.467. The van der Waals surface area contributed by atoms with Gasteiger partial charge in [0, 0.05) is 13.1 Å². The van der Waals surface area contributed by atoms with Crippen molar-refractivity contribution in [2.75, 3.05) is 20.1 Å². The summed E-state index contributed by atoms with van der Waals surface area (Å²) in [6.07, 6.45) is 0. The lowest BCUT2D eigenvalue weighted by Crippen LogP contribution is -2.50. The molecule has 0 aliphatic rings. The van der Waals surface area contributed by atoms with Crippen molar-refractivity contribution in [1.29, 1.82) is 0 Å². The summed E-state index contributed by atoms with van der Waals surface area (Å²) in [6.45, 7) is 4.44.